The zero-order valence-electron chi connectivity index (χ0n) is 13.0. The highest BCUT2D eigenvalue weighted by atomic mass is 32.2. The highest BCUT2D eigenvalue weighted by molar-refractivity contribution is 7.89. The van der Waals surface area contributed by atoms with Crippen LogP contribution in [-0.4, -0.2) is 44.2 Å². The number of fused-ring (bicyclic) bond motifs is 3. The number of hydrogen-bond donors (Lipinski definition) is 2. The van der Waals surface area contributed by atoms with Crippen molar-refractivity contribution in [1.82, 2.24) is 9.62 Å². The standard InChI is InChI=1S/C16H25N3O2S/c1-12(17)11-22(20,21)18-14-7-9-19-8-6-13-4-2-3-5-15(13)16(19)10-14/h2-5,12,14,16,18H,6-11,17H2,1H3. The van der Waals surface area contributed by atoms with Gasteiger partial charge in [-0.05, 0) is 37.3 Å². The largest absolute Gasteiger partial charge is 0.327 e. The van der Waals surface area contributed by atoms with E-state index < -0.39 is 10.0 Å². The van der Waals surface area contributed by atoms with Crippen molar-refractivity contribution in [3.8, 4) is 0 Å². The molecule has 3 unspecified atom stereocenters. The van der Waals surface area contributed by atoms with Crippen molar-refractivity contribution < 1.29 is 8.42 Å². The Morgan fingerprint density at radius 2 is 2.14 bits per heavy atom. The number of hydrogen-bond acceptors (Lipinski definition) is 4. The van der Waals surface area contributed by atoms with Gasteiger partial charge in [-0.3, -0.25) is 4.90 Å². The van der Waals surface area contributed by atoms with Crippen LogP contribution in [0.1, 0.15) is 36.9 Å². The fourth-order valence-electron chi connectivity index (χ4n) is 3.71. The molecular formula is C16H25N3O2S. The molecule has 1 fully saturated rings. The van der Waals surface area contributed by atoms with E-state index in [2.05, 4.69) is 33.9 Å². The molecule has 0 radical (unpaired) electrons. The first-order chi connectivity index (χ1) is 10.4. The minimum atomic E-state index is -3.29. The molecule has 1 saturated heterocycles. The van der Waals surface area contributed by atoms with E-state index in [9.17, 15) is 8.42 Å². The third kappa shape index (κ3) is 3.51. The lowest BCUT2D eigenvalue weighted by Crippen LogP contribution is -2.49. The van der Waals surface area contributed by atoms with E-state index in [0.717, 1.165) is 32.4 Å². The number of rotatable bonds is 4. The summed E-state index contributed by atoms with van der Waals surface area (Å²) in [5.41, 5.74) is 8.40. The van der Waals surface area contributed by atoms with Gasteiger partial charge in [-0.2, -0.15) is 0 Å². The molecule has 0 saturated carbocycles. The molecule has 0 aromatic heterocycles. The second-order valence-corrected chi connectivity index (χ2v) is 8.40. The van der Waals surface area contributed by atoms with Crippen LogP contribution in [0.2, 0.25) is 0 Å². The molecule has 1 aromatic carbocycles. The summed E-state index contributed by atoms with van der Waals surface area (Å²) >= 11 is 0. The lowest BCUT2D eigenvalue weighted by molar-refractivity contribution is 0.122. The number of nitrogens with zero attached hydrogens (tertiary/aromatic N) is 1. The molecule has 2 heterocycles. The number of nitrogens with two attached hydrogens (primary N) is 1. The van der Waals surface area contributed by atoms with Crippen molar-refractivity contribution in [3.63, 3.8) is 0 Å². The Kier molecular flexibility index (Phi) is 4.54. The normalized spacial score (nSPS) is 27.0. The van der Waals surface area contributed by atoms with E-state index in [1.54, 1.807) is 6.92 Å². The van der Waals surface area contributed by atoms with Crippen molar-refractivity contribution in [1.29, 1.82) is 0 Å². The quantitative estimate of drug-likeness (QED) is 0.867. The molecule has 6 heteroatoms. The lowest BCUT2D eigenvalue weighted by Gasteiger charge is -2.43. The third-order valence-electron chi connectivity index (χ3n) is 4.62. The molecule has 0 amide bonds. The van der Waals surface area contributed by atoms with Crippen LogP contribution in [0.15, 0.2) is 24.3 Å². The molecule has 1 aromatic rings. The molecule has 0 aliphatic carbocycles. The third-order valence-corrected chi connectivity index (χ3v) is 6.28. The Morgan fingerprint density at radius 1 is 1.36 bits per heavy atom. The molecule has 122 valence electrons. The van der Waals surface area contributed by atoms with Gasteiger partial charge in [0.1, 0.15) is 0 Å². The van der Waals surface area contributed by atoms with E-state index in [1.807, 2.05) is 0 Å². The van der Waals surface area contributed by atoms with Crippen LogP contribution in [0.5, 0.6) is 0 Å². The number of sulfonamides is 1. The van der Waals surface area contributed by atoms with Crippen molar-refractivity contribution in [3.05, 3.63) is 35.4 Å². The Labute approximate surface area is 132 Å². The first-order valence-electron chi connectivity index (χ1n) is 8.02. The van der Waals surface area contributed by atoms with Crippen LogP contribution in [-0.2, 0) is 16.4 Å². The number of piperidine rings is 1. The second-order valence-electron chi connectivity index (χ2n) is 6.60. The maximum Gasteiger partial charge on any atom is 0.213 e. The average Bonchev–Trinajstić information content (AvgIpc) is 2.45. The minimum Gasteiger partial charge on any atom is -0.327 e. The van der Waals surface area contributed by atoms with Gasteiger partial charge in [0.05, 0.1) is 5.75 Å². The highest BCUT2D eigenvalue weighted by Crippen LogP contribution is 2.36. The summed E-state index contributed by atoms with van der Waals surface area (Å²) in [6.07, 6.45) is 2.81. The van der Waals surface area contributed by atoms with E-state index in [-0.39, 0.29) is 17.8 Å². The summed E-state index contributed by atoms with van der Waals surface area (Å²) in [7, 11) is -3.29. The van der Waals surface area contributed by atoms with Crippen LogP contribution < -0.4 is 10.5 Å². The summed E-state index contributed by atoms with van der Waals surface area (Å²) in [5, 5.41) is 0. The van der Waals surface area contributed by atoms with Crippen molar-refractivity contribution >= 4 is 10.0 Å². The van der Waals surface area contributed by atoms with Gasteiger partial charge in [0, 0.05) is 31.2 Å². The topological polar surface area (TPSA) is 75.4 Å². The Balaban J connectivity index is 1.73. The van der Waals surface area contributed by atoms with Gasteiger partial charge >= 0.3 is 0 Å². The smallest absolute Gasteiger partial charge is 0.213 e. The molecule has 0 spiro atoms. The summed E-state index contributed by atoms with van der Waals surface area (Å²) in [4.78, 5) is 2.48. The zero-order valence-corrected chi connectivity index (χ0v) is 13.8. The van der Waals surface area contributed by atoms with Crippen molar-refractivity contribution in [2.24, 2.45) is 5.73 Å². The Morgan fingerprint density at radius 3 is 2.91 bits per heavy atom. The van der Waals surface area contributed by atoms with Crippen molar-refractivity contribution in [2.45, 2.75) is 44.3 Å². The summed E-state index contributed by atoms with van der Waals surface area (Å²) in [5.74, 6) is -0.00549. The number of nitrogens with one attached hydrogen (secondary N) is 1. The maximum atomic E-state index is 12.1. The van der Waals surface area contributed by atoms with E-state index >= 15 is 0 Å². The predicted molar refractivity (Wildman–Crippen MR) is 88.1 cm³/mol. The highest BCUT2D eigenvalue weighted by Gasteiger charge is 2.34. The summed E-state index contributed by atoms with van der Waals surface area (Å²) < 4.78 is 27.1. The van der Waals surface area contributed by atoms with E-state index in [1.165, 1.54) is 11.1 Å². The maximum absolute atomic E-state index is 12.1. The first kappa shape index (κ1) is 15.9. The Hall–Kier alpha value is -0.950. The van der Waals surface area contributed by atoms with Crippen LogP contribution in [0.4, 0.5) is 0 Å². The van der Waals surface area contributed by atoms with Gasteiger partial charge in [-0.1, -0.05) is 24.3 Å². The zero-order chi connectivity index (χ0) is 15.7. The van der Waals surface area contributed by atoms with Crippen LogP contribution in [0, 0.1) is 0 Å². The van der Waals surface area contributed by atoms with Crippen LogP contribution in [0.25, 0.3) is 0 Å². The van der Waals surface area contributed by atoms with Crippen LogP contribution in [0.3, 0.4) is 0 Å². The molecule has 2 aliphatic heterocycles. The first-order valence-corrected chi connectivity index (χ1v) is 9.67. The molecule has 22 heavy (non-hydrogen) atoms. The molecule has 5 nitrogen and oxygen atoms in total. The molecular weight excluding hydrogens is 298 g/mol. The number of benzene rings is 1. The summed E-state index contributed by atoms with van der Waals surface area (Å²) in [6.45, 7) is 3.74. The fraction of sp³-hybridized carbons (Fsp3) is 0.625. The van der Waals surface area contributed by atoms with Gasteiger partial charge < -0.3 is 5.73 Å². The Bertz CT molecular complexity index is 630. The fourth-order valence-corrected chi connectivity index (χ4v) is 5.22. The molecule has 2 aliphatic rings. The monoisotopic (exact) mass is 323 g/mol. The van der Waals surface area contributed by atoms with Crippen LogP contribution >= 0.6 is 0 Å². The van der Waals surface area contributed by atoms with Gasteiger partial charge in [-0.15, -0.1) is 0 Å². The molecule has 3 atom stereocenters. The van der Waals surface area contributed by atoms with Gasteiger partial charge in [-0.25, -0.2) is 13.1 Å². The molecule has 3 rings (SSSR count). The molecule has 0 bridgehead atoms. The molecule has 3 N–H and O–H groups in total. The van der Waals surface area contributed by atoms with Crippen molar-refractivity contribution in [2.75, 3.05) is 18.8 Å². The van der Waals surface area contributed by atoms with Gasteiger partial charge in [0.2, 0.25) is 10.0 Å². The van der Waals surface area contributed by atoms with Gasteiger partial charge in [0.25, 0.3) is 0 Å². The lowest BCUT2D eigenvalue weighted by atomic mass is 9.85. The minimum absolute atomic E-state index is 0.00549. The SMILES string of the molecule is CC(N)CS(=O)(=O)NC1CCN2CCc3ccccc3C2C1. The van der Waals surface area contributed by atoms with E-state index in [4.69, 9.17) is 5.73 Å². The average molecular weight is 323 g/mol. The van der Waals surface area contributed by atoms with Gasteiger partial charge in [0.15, 0.2) is 0 Å². The predicted octanol–water partition coefficient (Wildman–Crippen LogP) is 1.01. The second kappa shape index (κ2) is 6.28. The summed E-state index contributed by atoms with van der Waals surface area (Å²) in [6, 6.07) is 8.54. The van der Waals surface area contributed by atoms with E-state index in [0.29, 0.717) is 6.04 Å².